The SMILES string of the molecule is CCNCC1CCN(C(=O)c2oc3ccccc3c2CN(C)C)CC1.Cl.Cl. The number of furan rings is 1. The lowest BCUT2D eigenvalue weighted by atomic mass is 9.96. The minimum atomic E-state index is 0. The number of hydrogen-bond acceptors (Lipinski definition) is 4. The van der Waals surface area contributed by atoms with Crippen LogP contribution in [0, 0.1) is 5.92 Å². The Balaban J connectivity index is 0.00000182. The number of benzene rings is 1. The molecule has 1 saturated heterocycles. The Morgan fingerprint density at radius 3 is 2.52 bits per heavy atom. The predicted octanol–water partition coefficient (Wildman–Crippen LogP) is 3.80. The molecule has 3 rings (SSSR count). The molecule has 0 unspecified atom stereocenters. The van der Waals surface area contributed by atoms with Crippen molar-refractivity contribution in [3.8, 4) is 0 Å². The van der Waals surface area contributed by atoms with Gasteiger partial charge in [0, 0.05) is 30.6 Å². The normalized spacial score (nSPS) is 14.9. The largest absolute Gasteiger partial charge is 0.451 e. The predicted molar refractivity (Wildman–Crippen MR) is 115 cm³/mol. The molecular formula is C20H31Cl2N3O2. The zero-order valence-electron chi connectivity index (χ0n) is 16.4. The van der Waals surface area contributed by atoms with Crippen LogP contribution in [0.4, 0.5) is 0 Å². The Bertz CT molecular complexity index is 725. The van der Waals surface area contributed by atoms with Crippen LogP contribution in [0.1, 0.15) is 35.9 Å². The van der Waals surface area contributed by atoms with Crippen LogP contribution >= 0.6 is 24.8 Å². The monoisotopic (exact) mass is 415 g/mol. The first-order chi connectivity index (χ1) is 12.1. The molecule has 7 heteroatoms. The Morgan fingerprint density at radius 2 is 1.89 bits per heavy atom. The second-order valence-electron chi connectivity index (χ2n) is 7.19. The number of likely N-dealkylation sites (tertiary alicyclic amines) is 1. The quantitative estimate of drug-likeness (QED) is 0.778. The minimum absolute atomic E-state index is 0. The number of halogens is 2. The van der Waals surface area contributed by atoms with Crippen molar-refractivity contribution in [1.82, 2.24) is 15.1 Å². The molecule has 5 nitrogen and oxygen atoms in total. The van der Waals surface area contributed by atoms with Gasteiger partial charge in [-0.05, 0) is 52.0 Å². The van der Waals surface area contributed by atoms with Crippen LogP contribution in [0.5, 0.6) is 0 Å². The second kappa shape index (κ2) is 10.9. The average molecular weight is 416 g/mol. The van der Waals surface area contributed by atoms with Crippen LogP contribution in [-0.2, 0) is 6.54 Å². The van der Waals surface area contributed by atoms with Crippen LogP contribution in [0.3, 0.4) is 0 Å². The Morgan fingerprint density at radius 1 is 1.22 bits per heavy atom. The fraction of sp³-hybridized carbons (Fsp3) is 0.550. The molecule has 0 aliphatic carbocycles. The molecule has 0 saturated carbocycles. The van der Waals surface area contributed by atoms with Crippen molar-refractivity contribution < 1.29 is 9.21 Å². The molecule has 1 aromatic carbocycles. The van der Waals surface area contributed by atoms with E-state index in [-0.39, 0.29) is 30.7 Å². The molecular weight excluding hydrogens is 385 g/mol. The topological polar surface area (TPSA) is 48.7 Å². The van der Waals surface area contributed by atoms with E-state index < -0.39 is 0 Å². The Labute approximate surface area is 174 Å². The van der Waals surface area contributed by atoms with Gasteiger partial charge in [-0.3, -0.25) is 4.79 Å². The van der Waals surface area contributed by atoms with E-state index in [4.69, 9.17) is 4.42 Å². The lowest BCUT2D eigenvalue weighted by Gasteiger charge is -2.31. The number of carbonyl (C=O) groups is 1. The van der Waals surface area contributed by atoms with Gasteiger partial charge in [-0.15, -0.1) is 24.8 Å². The van der Waals surface area contributed by atoms with Crippen LogP contribution in [-0.4, -0.2) is 56.0 Å². The molecule has 0 bridgehead atoms. The van der Waals surface area contributed by atoms with Crippen molar-refractivity contribution in [2.45, 2.75) is 26.3 Å². The fourth-order valence-electron chi connectivity index (χ4n) is 3.58. The number of nitrogens with zero attached hydrogens (tertiary/aromatic N) is 2. The van der Waals surface area contributed by atoms with Crippen LogP contribution < -0.4 is 5.32 Å². The maximum atomic E-state index is 13.1. The number of para-hydroxylation sites is 1. The third-order valence-corrected chi connectivity index (χ3v) is 4.95. The van der Waals surface area contributed by atoms with Crippen LogP contribution in [0.2, 0.25) is 0 Å². The highest BCUT2D eigenvalue weighted by Crippen LogP contribution is 2.29. The molecule has 1 N–H and O–H groups in total. The van der Waals surface area contributed by atoms with Crippen molar-refractivity contribution >= 4 is 41.7 Å². The van der Waals surface area contributed by atoms with Gasteiger partial charge in [-0.1, -0.05) is 25.1 Å². The van der Waals surface area contributed by atoms with Gasteiger partial charge in [0.2, 0.25) is 0 Å². The number of fused-ring (bicyclic) bond motifs is 1. The summed E-state index contributed by atoms with van der Waals surface area (Å²) < 4.78 is 5.98. The van der Waals surface area contributed by atoms with E-state index >= 15 is 0 Å². The summed E-state index contributed by atoms with van der Waals surface area (Å²) in [7, 11) is 4.03. The molecule has 0 radical (unpaired) electrons. The zero-order chi connectivity index (χ0) is 17.8. The van der Waals surface area contributed by atoms with Crippen molar-refractivity contribution in [3.05, 3.63) is 35.6 Å². The summed E-state index contributed by atoms with van der Waals surface area (Å²) in [5.41, 5.74) is 1.80. The summed E-state index contributed by atoms with van der Waals surface area (Å²) >= 11 is 0. The molecule has 0 spiro atoms. The summed E-state index contributed by atoms with van der Waals surface area (Å²) in [4.78, 5) is 17.1. The van der Waals surface area contributed by atoms with E-state index in [9.17, 15) is 4.79 Å². The van der Waals surface area contributed by atoms with Gasteiger partial charge < -0.3 is 19.5 Å². The second-order valence-corrected chi connectivity index (χ2v) is 7.19. The average Bonchev–Trinajstić information content (AvgIpc) is 2.98. The molecule has 1 aliphatic heterocycles. The molecule has 1 aromatic heterocycles. The molecule has 1 fully saturated rings. The maximum Gasteiger partial charge on any atom is 0.289 e. The van der Waals surface area contributed by atoms with Crippen LogP contribution in [0.15, 0.2) is 28.7 Å². The lowest BCUT2D eigenvalue weighted by Crippen LogP contribution is -2.41. The summed E-state index contributed by atoms with van der Waals surface area (Å²) in [5.74, 6) is 1.22. The van der Waals surface area contributed by atoms with Gasteiger partial charge in [0.05, 0.1) is 0 Å². The summed E-state index contributed by atoms with van der Waals surface area (Å²) in [6.07, 6.45) is 2.12. The van der Waals surface area contributed by atoms with E-state index in [1.54, 1.807) is 0 Å². The number of carbonyl (C=O) groups excluding carboxylic acids is 1. The molecule has 2 aromatic rings. The molecule has 1 amide bonds. The van der Waals surface area contributed by atoms with Gasteiger partial charge >= 0.3 is 0 Å². The highest BCUT2D eigenvalue weighted by atomic mass is 35.5. The maximum absolute atomic E-state index is 13.1. The highest BCUT2D eigenvalue weighted by molar-refractivity contribution is 5.99. The van der Waals surface area contributed by atoms with Crippen molar-refractivity contribution in [1.29, 1.82) is 0 Å². The van der Waals surface area contributed by atoms with Crippen molar-refractivity contribution in [3.63, 3.8) is 0 Å². The number of rotatable bonds is 6. The zero-order valence-corrected chi connectivity index (χ0v) is 18.0. The third-order valence-electron chi connectivity index (χ3n) is 4.95. The number of amides is 1. The highest BCUT2D eigenvalue weighted by Gasteiger charge is 2.28. The van der Waals surface area contributed by atoms with Gasteiger partial charge in [0.15, 0.2) is 5.76 Å². The smallest absolute Gasteiger partial charge is 0.289 e. The van der Waals surface area contributed by atoms with Gasteiger partial charge in [0.1, 0.15) is 5.58 Å². The minimum Gasteiger partial charge on any atom is -0.451 e. The van der Waals surface area contributed by atoms with Crippen LogP contribution in [0.25, 0.3) is 11.0 Å². The Kier molecular flexibility index (Phi) is 9.60. The van der Waals surface area contributed by atoms with E-state index in [1.165, 1.54) is 0 Å². The fourth-order valence-corrected chi connectivity index (χ4v) is 3.58. The van der Waals surface area contributed by atoms with E-state index in [0.29, 0.717) is 18.2 Å². The van der Waals surface area contributed by atoms with E-state index in [1.807, 2.05) is 43.3 Å². The summed E-state index contributed by atoms with van der Waals surface area (Å²) in [6.45, 7) is 6.52. The third kappa shape index (κ3) is 5.61. The standard InChI is InChI=1S/C20H29N3O2.2ClH/c1-4-21-13-15-9-11-23(12-10-15)20(24)19-17(14-22(2)3)16-7-5-6-8-18(16)25-19;;/h5-8,15,21H,4,9-14H2,1-3H3;2*1H. The first-order valence-electron chi connectivity index (χ1n) is 9.25. The molecule has 27 heavy (non-hydrogen) atoms. The summed E-state index contributed by atoms with van der Waals surface area (Å²) in [5, 5.41) is 4.46. The van der Waals surface area contributed by atoms with E-state index in [2.05, 4.69) is 17.1 Å². The van der Waals surface area contributed by atoms with Gasteiger partial charge in [-0.2, -0.15) is 0 Å². The molecule has 0 atom stereocenters. The molecule has 152 valence electrons. The first-order valence-corrected chi connectivity index (χ1v) is 9.25. The number of hydrogen-bond donors (Lipinski definition) is 1. The van der Waals surface area contributed by atoms with Crippen molar-refractivity contribution in [2.24, 2.45) is 5.92 Å². The first kappa shape index (κ1) is 23.8. The Hall–Kier alpha value is -1.27. The molecule has 2 heterocycles. The lowest BCUT2D eigenvalue weighted by molar-refractivity contribution is 0.0658. The number of piperidine rings is 1. The van der Waals surface area contributed by atoms with Crippen molar-refractivity contribution in [2.75, 3.05) is 40.3 Å². The number of nitrogens with one attached hydrogen (secondary N) is 1. The molecule has 1 aliphatic rings. The van der Waals surface area contributed by atoms with Gasteiger partial charge in [0.25, 0.3) is 5.91 Å². The summed E-state index contributed by atoms with van der Waals surface area (Å²) in [6, 6.07) is 7.92. The van der Waals surface area contributed by atoms with Gasteiger partial charge in [-0.25, -0.2) is 0 Å². The van der Waals surface area contributed by atoms with E-state index in [0.717, 1.165) is 55.6 Å².